The van der Waals surface area contributed by atoms with Crippen molar-refractivity contribution in [1.29, 1.82) is 0 Å². The van der Waals surface area contributed by atoms with E-state index in [2.05, 4.69) is 10.6 Å². The number of carboxylic acids is 1. The third-order valence-corrected chi connectivity index (χ3v) is 6.90. The van der Waals surface area contributed by atoms with Crippen LogP contribution >= 0.6 is 0 Å². The molecule has 2 amide bonds. The van der Waals surface area contributed by atoms with Gasteiger partial charge in [-0.05, 0) is 60.7 Å². The number of ether oxygens (including phenoxy) is 1. The first-order valence-electron chi connectivity index (χ1n) is 10.9. The molecule has 4 aromatic carbocycles. The molecule has 0 radical (unpaired) electrons. The number of hydrogen-bond donors (Lipinski definition) is 3. The number of carbonyl (C=O) groups is 3. The molecule has 9 nitrogen and oxygen atoms in total. The van der Waals surface area contributed by atoms with Gasteiger partial charge < -0.3 is 15.2 Å². The average Bonchev–Trinajstić information content (AvgIpc) is 2.89. The topological polar surface area (TPSA) is 139 Å². The summed E-state index contributed by atoms with van der Waals surface area (Å²) >= 11 is 0. The monoisotopic (exact) mass is 516 g/mol. The van der Waals surface area contributed by atoms with E-state index in [0.29, 0.717) is 5.75 Å². The predicted molar refractivity (Wildman–Crippen MR) is 136 cm³/mol. The zero-order valence-electron chi connectivity index (χ0n) is 19.1. The molecule has 0 heterocycles. The molecule has 186 valence electrons. The van der Waals surface area contributed by atoms with Crippen molar-refractivity contribution in [2.75, 3.05) is 10.6 Å². The molecular weight excluding hydrogens is 496 g/mol. The largest absolute Gasteiger partial charge is 0.478 e. The molecule has 0 unspecified atom stereocenters. The summed E-state index contributed by atoms with van der Waals surface area (Å²) in [5.74, 6) is -1.63. The molecule has 0 saturated carbocycles. The Hall–Kier alpha value is -4.96. The average molecular weight is 517 g/mol. The Morgan fingerprint density at radius 2 is 1.19 bits per heavy atom. The third-order valence-electron chi connectivity index (χ3n) is 5.15. The normalized spacial score (nSPS) is 10.8. The van der Waals surface area contributed by atoms with E-state index in [1.54, 1.807) is 30.3 Å². The van der Waals surface area contributed by atoms with E-state index in [1.807, 2.05) is 0 Å². The van der Waals surface area contributed by atoms with Crippen molar-refractivity contribution in [3.05, 3.63) is 114 Å². The van der Waals surface area contributed by atoms with Crippen LogP contribution in [0, 0.1) is 0 Å². The number of aromatic carboxylic acids is 1. The van der Waals surface area contributed by atoms with Crippen molar-refractivity contribution in [2.45, 2.75) is 9.79 Å². The minimum Gasteiger partial charge on any atom is -0.478 e. The molecule has 0 saturated heterocycles. The number of amides is 2. The van der Waals surface area contributed by atoms with Crippen LogP contribution in [-0.4, -0.2) is 31.5 Å². The molecule has 0 aromatic heterocycles. The number of anilines is 2. The van der Waals surface area contributed by atoms with E-state index in [0.717, 1.165) is 0 Å². The number of carboxylic acid groups (broad SMARTS) is 1. The van der Waals surface area contributed by atoms with E-state index in [1.165, 1.54) is 72.8 Å². The highest BCUT2D eigenvalue weighted by atomic mass is 32.2. The summed E-state index contributed by atoms with van der Waals surface area (Å²) in [5, 5.41) is 14.3. The first-order valence-corrected chi connectivity index (χ1v) is 12.3. The Kier molecular flexibility index (Phi) is 7.31. The van der Waals surface area contributed by atoms with Gasteiger partial charge in [-0.2, -0.15) is 0 Å². The number of hydrogen-bond acceptors (Lipinski definition) is 6. The molecule has 10 heteroatoms. The Balaban J connectivity index is 1.53. The maximum atomic E-state index is 13.3. The van der Waals surface area contributed by atoms with Crippen molar-refractivity contribution >= 4 is 39.2 Å². The second kappa shape index (κ2) is 10.8. The summed E-state index contributed by atoms with van der Waals surface area (Å²) in [5.41, 5.74) is 0.118. The summed E-state index contributed by atoms with van der Waals surface area (Å²) in [4.78, 5) is 36.1. The lowest BCUT2D eigenvalue weighted by atomic mass is 10.1. The fourth-order valence-electron chi connectivity index (χ4n) is 3.42. The van der Waals surface area contributed by atoms with Gasteiger partial charge in [-0.1, -0.05) is 42.5 Å². The fraction of sp³-hybridized carbons (Fsp3) is 0. The fourth-order valence-corrected chi connectivity index (χ4v) is 4.77. The molecule has 0 atom stereocenters. The minimum absolute atomic E-state index is 0.0653. The Morgan fingerprint density at radius 1 is 0.649 bits per heavy atom. The summed E-state index contributed by atoms with van der Waals surface area (Å²) < 4.78 is 31.7. The first-order chi connectivity index (χ1) is 17.7. The van der Waals surface area contributed by atoms with E-state index < -0.39 is 27.8 Å². The van der Waals surface area contributed by atoms with Crippen LogP contribution in [0.15, 0.2) is 113 Å². The molecule has 0 bridgehead atoms. The molecule has 0 spiro atoms. The second-order valence-electron chi connectivity index (χ2n) is 7.69. The number of para-hydroxylation sites is 1. The van der Waals surface area contributed by atoms with Gasteiger partial charge in [0, 0.05) is 11.4 Å². The van der Waals surface area contributed by atoms with Crippen LogP contribution in [0.1, 0.15) is 20.7 Å². The number of benzene rings is 4. The highest BCUT2D eigenvalue weighted by molar-refractivity contribution is 7.91. The van der Waals surface area contributed by atoms with Gasteiger partial charge in [-0.3, -0.25) is 10.1 Å². The van der Waals surface area contributed by atoms with Crippen molar-refractivity contribution in [2.24, 2.45) is 0 Å². The van der Waals surface area contributed by atoms with Crippen LogP contribution in [0.3, 0.4) is 0 Å². The third kappa shape index (κ3) is 6.00. The molecule has 0 aliphatic heterocycles. The number of carbonyl (C=O) groups excluding carboxylic acids is 2. The lowest BCUT2D eigenvalue weighted by Gasteiger charge is -2.11. The van der Waals surface area contributed by atoms with Gasteiger partial charge in [0.1, 0.15) is 5.75 Å². The van der Waals surface area contributed by atoms with Crippen molar-refractivity contribution in [1.82, 2.24) is 0 Å². The van der Waals surface area contributed by atoms with Gasteiger partial charge in [0.05, 0.1) is 20.9 Å². The molecule has 37 heavy (non-hydrogen) atoms. The Bertz CT molecular complexity index is 1590. The van der Waals surface area contributed by atoms with Gasteiger partial charge in [-0.25, -0.2) is 18.0 Å². The molecular formula is C27H20N2O7S. The van der Waals surface area contributed by atoms with E-state index in [-0.39, 0.29) is 32.3 Å². The quantitative estimate of drug-likeness (QED) is 0.311. The lowest BCUT2D eigenvalue weighted by Crippen LogP contribution is -2.17. The molecule has 3 N–H and O–H groups in total. The van der Waals surface area contributed by atoms with Gasteiger partial charge >= 0.3 is 12.1 Å². The molecule has 0 aliphatic carbocycles. The molecule has 4 rings (SSSR count). The standard InChI is InChI=1S/C27H20N2O7S/c30-25(23-14-4-5-15-24(23)26(31)32)28-18-8-6-12-21(16-18)37(34,35)22-13-7-9-19(17-22)29-27(33)36-20-10-2-1-3-11-20/h1-17H,(H,28,30)(H,29,33)(H,31,32). The van der Waals surface area contributed by atoms with Crippen molar-refractivity contribution in [3.8, 4) is 5.75 Å². The van der Waals surface area contributed by atoms with Crippen LogP contribution < -0.4 is 15.4 Å². The van der Waals surface area contributed by atoms with Gasteiger partial charge in [0.25, 0.3) is 5.91 Å². The van der Waals surface area contributed by atoms with Crippen molar-refractivity contribution < 1.29 is 32.6 Å². The van der Waals surface area contributed by atoms with Crippen LogP contribution in [0.5, 0.6) is 5.75 Å². The molecule has 4 aromatic rings. The van der Waals surface area contributed by atoms with E-state index in [9.17, 15) is 27.9 Å². The SMILES string of the molecule is O=C(Nc1cccc(S(=O)(=O)c2cccc(NC(=O)c3ccccc3C(=O)O)c2)c1)Oc1ccccc1. The van der Waals surface area contributed by atoms with Crippen LogP contribution in [0.25, 0.3) is 0 Å². The zero-order valence-corrected chi connectivity index (χ0v) is 19.9. The van der Waals surface area contributed by atoms with Crippen molar-refractivity contribution in [3.63, 3.8) is 0 Å². The van der Waals surface area contributed by atoms with Crippen LogP contribution in [0.4, 0.5) is 16.2 Å². The van der Waals surface area contributed by atoms with E-state index >= 15 is 0 Å². The Labute approximate surface area is 212 Å². The molecule has 0 fully saturated rings. The maximum Gasteiger partial charge on any atom is 0.417 e. The number of nitrogens with one attached hydrogen (secondary N) is 2. The van der Waals surface area contributed by atoms with Crippen LogP contribution in [-0.2, 0) is 9.84 Å². The van der Waals surface area contributed by atoms with Gasteiger partial charge in [0.2, 0.25) is 9.84 Å². The lowest BCUT2D eigenvalue weighted by molar-refractivity contribution is 0.0692. The minimum atomic E-state index is -4.04. The Morgan fingerprint density at radius 3 is 1.78 bits per heavy atom. The highest BCUT2D eigenvalue weighted by Gasteiger charge is 2.21. The summed E-state index contributed by atoms with van der Waals surface area (Å²) in [6.07, 6.45) is -0.785. The first kappa shape index (κ1) is 25.1. The van der Waals surface area contributed by atoms with Gasteiger partial charge in [0.15, 0.2) is 0 Å². The molecule has 0 aliphatic rings. The van der Waals surface area contributed by atoms with Gasteiger partial charge in [-0.15, -0.1) is 0 Å². The maximum absolute atomic E-state index is 13.3. The smallest absolute Gasteiger partial charge is 0.417 e. The summed E-state index contributed by atoms with van der Waals surface area (Å²) in [6, 6.07) is 25.3. The predicted octanol–water partition coefficient (Wildman–Crippen LogP) is 5.08. The zero-order chi connectivity index (χ0) is 26.4. The van der Waals surface area contributed by atoms with E-state index in [4.69, 9.17) is 4.74 Å². The second-order valence-corrected chi connectivity index (χ2v) is 9.64. The van der Waals surface area contributed by atoms with Crippen LogP contribution in [0.2, 0.25) is 0 Å². The summed E-state index contributed by atoms with van der Waals surface area (Å²) in [6.45, 7) is 0. The number of sulfone groups is 1. The summed E-state index contributed by atoms with van der Waals surface area (Å²) in [7, 11) is -4.04. The highest BCUT2D eigenvalue weighted by Crippen LogP contribution is 2.26. The number of rotatable bonds is 7.